The summed E-state index contributed by atoms with van der Waals surface area (Å²) >= 11 is 0. The summed E-state index contributed by atoms with van der Waals surface area (Å²) in [4.78, 5) is 0.369. The molecular weight excluding hydrogens is 260 g/mol. The van der Waals surface area contributed by atoms with Crippen LogP contribution in [0.3, 0.4) is 0 Å². The molecule has 0 saturated carbocycles. The van der Waals surface area contributed by atoms with E-state index in [0.29, 0.717) is 23.9 Å². The van der Waals surface area contributed by atoms with Gasteiger partial charge in [-0.3, -0.25) is 0 Å². The van der Waals surface area contributed by atoms with Gasteiger partial charge >= 0.3 is 0 Å². The number of hydrogen-bond acceptors (Lipinski definition) is 3. The smallest absolute Gasteiger partial charge is 0.240 e. The summed E-state index contributed by atoms with van der Waals surface area (Å²) in [5.74, 6) is 0.598. The molecule has 1 aromatic rings. The Kier molecular flexibility index (Phi) is 6.48. The van der Waals surface area contributed by atoms with Crippen LogP contribution >= 0.6 is 0 Å². The van der Waals surface area contributed by atoms with Crippen LogP contribution in [0.2, 0.25) is 0 Å². The van der Waals surface area contributed by atoms with Crippen LogP contribution in [0.5, 0.6) is 0 Å². The molecule has 0 saturated heterocycles. The van der Waals surface area contributed by atoms with Gasteiger partial charge in [-0.05, 0) is 37.4 Å². The molecular formula is C14H24N2O2S. The summed E-state index contributed by atoms with van der Waals surface area (Å²) in [7, 11) is -1.60. The SMILES string of the molecule is CNCc1ccccc1S(=O)(=O)NCCCC(C)C. The van der Waals surface area contributed by atoms with Crippen LogP contribution in [-0.2, 0) is 16.6 Å². The molecule has 5 heteroatoms. The third-order valence-corrected chi connectivity index (χ3v) is 4.44. The van der Waals surface area contributed by atoms with E-state index < -0.39 is 10.0 Å². The van der Waals surface area contributed by atoms with Gasteiger partial charge in [-0.2, -0.15) is 0 Å². The summed E-state index contributed by atoms with van der Waals surface area (Å²) < 4.78 is 27.1. The fourth-order valence-corrected chi connectivity index (χ4v) is 3.21. The number of benzene rings is 1. The zero-order valence-corrected chi connectivity index (χ0v) is 12.8. The molecule has 108 valence electrons. The van der Waals surface area contributed by atoms with Crippen molar-refractivity contribution in [2.45, 2.75) is 38.1 Å². The van der Waals surface area contributed by atoms with Gasteiger partial charge in [-0.1, -0.05) is 32.0 Å². The van der Waals surface area contributed by atoms with E-state index in [0.717, 1.165) is 18.4 Å². The van der Waals surface area contributed by atoms with Crippen LogP contribution in [0.1, 0.15) is 32.3 Å². The summed E-state index contributed by atoms with van der Waals surface area (Å²) in [6, 6.07) is 7.09. The van der Waals surface area contributed by atoms with E-state index in [4.69, 9.17) is 0 Å². The molecule has 0 aliphatic heterocycles. The van der Waals surface area contributed by atoms with Crippen molar-refractivity contribution in [3.8, 4) is 0 Å². The predicted octanol–water partition coefficient (Wildman–Crippen LogP) is 2.12. The van der Waals surface area contributed by atoms with Crippen LogP contribution in [0.15, 0.2) is 29.2 Å². The van der Waals surface area contributed by atoms with E-state index in [1.807, 2.05) is 12.1 Å². The molecule has 0 spiro atoms. The first kappa shape index (κ1) is 16.1. The Balaban J connectivity index is 2.71. The average molecular weight is 284 g/mol. The molecule has 0 heterocycles. The Morgan fingerprint density at radius 2 is 1.89 bits per heavy atom. The highest BCUT2D eigenvalue weighted by Gasteiger charge is 2.16. The van der Waals surface area contributed by atoms with Crippen LogP contribution in [0, 0.1) is 5.92 Å². The van der Waals surface area contributed by atoms with Gasteiger partial charge < -0.3 is 5.32 Å². The first-order chi connectivity index (χ1) is 8.97. The van der Waals surface area contributed by atoms with E-state index in [-0.39, 0.29) is 0 Å². The summed E-state index contributed by atoms with van der Waals surface area (Å²) in [5, 5.41) is 2.99. The zero-order chi connectivity index (χ0) is 14.3. The van der Waals surface area contributed by atoms with E-state index in [9.17, 15) is 8.42 Å². The Bertz CT molecular complexity index is 484. The van der Waals surface area contributed by atoms with Crippen LogP contribution in [0.25, 0.3) is 0 Å². The van der Waals surface area contributed by atoms with Crippen molar-refractivity contribution >= 4 is 10.0 Å². The molecule has 1 rings (SSSR count). The molecule has 0 aliphatic carbocycles. The molecule has 0 aliphatic rings. The minimum Gasteiger partial charge on any atom is -0.316 e. The maximum Gasteiger partial charge on any atom is 0.240 e. The van der Waals surface area contributed by atoms with Crippen molar-refractivity contribution in [3.63, 3.8) is 0 Å². The summed E-state index contributed by atoms with van der Waals surface area (Å²) in [6.45, 7) is 5.31. The lowest BCUT2D eigenvalue weighted by Gasteiger charge is -2.11. The molecule has 0 radical (unpaired) electrons. The fraction of sp³-hybridized carbons (Fsp3) is 0.571. The van der Waals surface area contributed by atoms with Crippen molar-refractivity contribution in [1.29, 1.82) is 0 Å². The molecule has 4 nitrogen and oxygen atoms in total. The maximum absolute atomic E-state index is 12.2. The third-order valence-electron chi connectivity index (χ3n) is 2.88. The van der Waals surface area contributed by atoms with E-state index in [2.05, 4.69) is 23.9 Å². The van der Waals surface area contributed by atoms with Gasteiger partial charge in [-0.25, -0.2) is 13.1 Å². The molecule has 0 fully saturated rings. The van der Waals surface area contributed by atoms with E-state index in [1.54, 1.807) is 19.2 Å². The highest BCUT2D eigenvalue weighted by Crippen LogP contribution is 2.15. The first-order valence-corrected chi connectivity index (χ1v) is 8.18. The van der Waals surface area contributed by atoms with Crippen molar-refractivity contribution in [3.05, 3.63) is 29.8 Å². The second-order valence-corrected chi connectivity index (χ2v) is 6.81. The second-order valence-electron chi connectivity index (χ2n) is 5.07. The number of sulfonamides is 1. The maximum atomic E-state index is 12.2. The highest BCUT2D eigenvalue weighted by atomic mass is 32.2. The lowest BCUT2D eigenvalue weighted by molar-refractivity contribution is 0.539. The van der Waals surface area contributed by atoms with Gasteiger partial charge in [0.15, 0.2) is 0 Å². The normalized spacial score (nSPS) is 12.0. The Morgan fingerprint density at radius 3 is 2.53 bits per heavy atom. The van der Waals surface area contributed by atoms with Crippen molar-refractivity contribution < 1.29 is 8.42 Å². The van der Waals surface area contributed by atoms with Crippen molar-refractivity contribution in [2.24, 2.45) is 5.92 Å². The van der Waals surface area contributed by atoms with Gasteiger partial charge in [-0.15, -0.1) is 0 Å². The van der Waals surface area contributed by atoms with Crippen LogP contribution in [0.4, 0.5) is 0 Å². The quantitative estimate of drug-likeness (QED) is 0.719. The minimum atomic E-state index is -3.40. The summed E-state index contributed by atoms with van der Waals surface area (Å²) in [5.41, 5.74) is 0.793. The van der Waals surface area contributed by atoms with Gasteiger partial charge in [0.05, 0.1) is 4.90 Å². The third kappa shape index (κ3) is 5.30. The molecule has 0 amide bonds. The monoisotopic (exact) mass is 284 g/mol. The Morgan fingerprint density at radius 1 is 1.21 bits per heavy atom. The largest absolute Gasteiger partial charge is 0.316 e. The van der Waals surface area contributed by atoms with Gasteiger partial charge in [0, 0.05) is 13.1 Å². The molecule has 19 heavy (non-hydrogen) atoms. The van der Waals surface area contributed by atoms with E-state index in [1.165, 1.54) is 0 Å². The lowest BCUT2D eigenvalue weighted by atomic mass is 10.1. The Hall–Kier alpha value is -0.910. The fourth-order valence-electron chi connectivity index (χ4n) is 1.90. The molecule has 0 aromatic heterocycles. The number of hydrogen-bond donors (Lipinski definition) is 2. The molecule has 2 N–H and O–H groups in total. The van der Waals surface area contributed by atoms with Crippen LogP contribution in [-0.4, -0.2) is 22.0 Å². The predicted molar refractivity (Wildman–Crippen MR) is 78.5 cm³/mol. The molecule has 0 unspecified atom stereocenters. The minimum absolute atomic E-state index is 0.369. The van der Waals surface area contributed by atoms with Gasteiger partial charge in [0.1, 0.15) is 0 Å². The van der Waals surface area contributed by atoms with Crippen LogP contribution < -0.4 is 10.0 Å². The van der Waals surface area contributed by atoms with Crippen molar-refractivity contribution in [2.75, 3.05) is 13.6 Å². The lowest BCUT2D eigenvalue weighted by Crippen LogP contribution is -2.26. The molecule has 1 aromatic carbocycles. The molecule has 0 atom stereocenters. The topological polar surface area (TPSA) is 58.2 Å². The Labute approximate surface area is 116 Å². The van der Waals surface area contributed by atoms with Gasteiger partial charge in [0.25, 0.3) is 0 Å². The number of rotatable bonds is 8. The molecule has 0 bridgehead atoms. The van der Waals surface area contributed by atoms with Crippen molar-refractivity contribution in [1.82, 2.24) is 10.0 Å². The zero-order valence-electron chi connectivity index (χ0n) is 11.9. The van der Waals surface area contributed by atoms with E-state index >= 15 is 0 Å². The summed E-state index contributed by atoms with van der Waals surface area (Å²) in [6.07, 6.45) is 1.89. The highest BCUT2D eigenvalue weighted by molar-refractivity contribution is 7.89. The van der Waals surface area contributed by atoms with Gasteiger partial charge in [0.2, 0.25) is 10.0 Å². The second kappa shape index (κ2) is 7.62. The number of nitrogens with one attached hydrogen (secondary N) is 2. The standard InChI is InChI=1S/C14H24N2O2S/c1-12(2)7-6-10-16-19(17,18)14-9-5-4-8-13(14)11-15-3/h4-5,8-9,12,15-16H,6-7,10-11H2,1-3H3. The first-order valence-electron chi connectivity index (χ1n) is 6.69. The average Bonchev–Trinajstić information content (AvgIpc) is 2.35.